The Bertz CT molecular complexity index is 348. The summed E-state index contributed by atoms with van der Waals surface area (Å²) in [7, 11) is 0. The first-order valence-electron chi connectivity index (χ1n) is 4.17. The molecule has 0 amide bonds. The quantitative estimate of drug-likeness (QED) is 0.685. The normalized spacial score (nSPS) is 10.4. The van der Waals surface area contributed by atoms with E-state index in [4.69, 9.17) is 4.74 Å². The molecule has 0 aromatic heterocycles. The first-order chi connectivity index (χ1) is 6.52. The smallest absolute Gasteiger partial charge is 0.341 e. The van der Waals surface area contributed by atoms with Crippen molar-refractivity contribution >= 4 is 5.97 Å². The van der Waals surface area contributed by atoms with Crippen LogP contribution in [0.1, 0.15) is 24.2 Å². The van der Waals surface area contributed by atoms with Gasteiger partial charge in [-0.2, -0.15) is 0 Å². The molecule has 0 unspecified atom stereocenters. The number of carbonyl (C=O) groups is 1. The zero-order chi connectivity index (χ0) is 10.7. The lowest BCUT2D eigenvalue weighted by atomic mass is 10.2. The molecule has 0 spiro atoms. The van der Waals surface area contributed by atoms with Gasteiger partial charge in [0.1, 0.15) is 0 Å². The summed E-state index contributed by atoms with van der Waals surface area (Å²) >= 11 is 0. The second-order valence-electron chi connectivity index (χ2n) is 3.06. The van der Waals surface area contributed by atoms with E-state index in [9.17, 15) is 13.6 Å². The van der Waals surface area contributed by atoms with Gasteiger partial charge in [-0.15, -0.1) is 0 Å². The molecule has 76 valence electrons. The number of hydrogen-bond donors (Lipinski definition) is 0. The Kier molecular flexibility index (Phi) is 3.17. The van der Waals surface area contributed by atoms with Gasteiger partial charge in [0.2, 0.25) is 0 Å². The maximum atomic E-state index is 13.0. The number of rotatable bonds is 2. The SMILES string of the molecule is CC(C)OC(=O)c1cccc(F)c1F. The van der Waals surface area contributed by atoms with Crippen molar-refractivity contribution in [1.82, 2.24) is 0 Å². The van der Waals surface area contributed by atoms with Crippen molar-refractivity contribution in [2.24, 2.45) is 0 Å². The van der Waals surface area contributed by atoms with Gasteiger partial charge in [0.05, 0.1) is 11.7 Å². The van der Waals surface area contributed by atoms with Gasteiger partial charge in [-0.25, -0.2) is 13.6 Å². The average Bonchev–Trinajstić information content (AvgIpc) is 2.08. The lowest BCUT2D eigenvalue weighted by Gasteiger charge is -2.08. The maximum absolute atomic E-state index is 13.0. The number of esters is 1. The van der Waals surface area contributed by atoms with Crippen LogP contribution < -0.4 is 0 Å². The standard InChI is InChI=1S/C10H10F2O2/c1-6(2)14-10(13)7-4-3-5-8(11)9(7)12/h3-6H,1-2H3. The van der Waals surface area contributed by atoms with Gasteiger partial charge in [0.15, 0.2) is 11.6 Å². The molecule has 4 heteroatoms. The summed E-state index contributed by atoms with van der Waals surface area (Å²) in [5, 5.41) is 0. The highest BCUT2D eigenvalue weighted by molar-refractivity contribution is 5.89. The molecule has 1 aromatic rings. The summed E-state index contributed by atoms with van der Waals surface area (Å²) < 4.78 is 30.4. The van der Waals surface area contributed by atoms with Crippen LogP contribution in [-0.2, 0) is 4.74 Å². The van der Waals surface area contributed by atoms with Gasteiger partial charge in [0, 0.05) is 0 Å². The predicted octanol–water partition coefficient (Wildman–Crippen LogP) is 2.53. The second-order valence-corrected chi connectivity index (χ2v) is 3.06. The van der Waals surface area contributed by atoms with Gasteiger partial charge < -0.3 is 4.74 Å². The Labute approximate surface area is 80.5 Å². The van der Waals surface area contributed by atoms with E-state index >= 15 is 0 Å². The molecule has 1 aromatic carbocycles. The Hall–Kier alpha value is -1.45. The fraction of sp³-hybridized carbons (Fsp3) is 0.300. The Balaban J connectivity index is 2.96. The molecule has 14 heavy (non-hydrogen) atoms. The van der Waals surface area contributed by atoms with Crippen LogP contribution in [0, 0.1) is 11.6 Å². The Morgan fingerprint density at radius 1 is 1.36 bits per heavy atom. The first kappa shape index (κ1) is 10.6. The third-order valence-electron chi connectivity index (χ3n) is 1.51. The van der Waals surface area contributed by atoms with Crippen LogP contribution in [0.15, 0.2) is 18.2 Å². The molecule has 0 atom stereocenters. The van der Waals surface area contributed by atoms with E-state index in [2.05, 4.69) is 0 Å². The van der Waals surface area contributed by atoms with E-state index in [1.165, 1.54) is 12.1 Å². The zero-order valence-corrected chi connectivity index (χ0v) is 7.88. The zero-order valence-electron chi connectivity index (χ0n) is 7.88. The van der Waals surface area contributed by atoms with Crippen LogP contribution in [0.3, 0.4) is 0 Å². The summed E-state index contributed by atoms with van der Waals surface area (Å²) in [6, 6.07) is 3.39. The summed E-state index contributed by atoms with van der Waals surface area (Å²) in [6.45, 7) is 3.27. The molecule has 0 fully saturated rings. The molecule has 0 heterocycles. The molecule has 0 aliphatic rings. The topological polar surface area (TPSA) is 26.3 Å². The van der Waals surface area contributed by atoms with Gasteiger partial charge in [0.25, 0.3) is 0 Å². The minimum absolute atomic E-state index is 0.356. The summed E-state index contributed by atoms with van der Waals surface area (Å²) in [5.74, 6) is -3.07. The molecule has 0 aliphatic heterocycles. The van der Waals surface area contributed by atoms with Gasteiger partial charge in [-0.3, -0.25) is 0 Å². The number of ether oxygens (including phenoxy) is 1. The fourth-order valence-corrected chi connectivity index (χ4v) is 0.939. The molecule has 0 bridgehead atoms. The van der Waals surface area contributed by atoms with Crippen molar-refractivity contribution in [3.05, 3.63) is 35.4 Å². The van der Waals surface area contributed by atoms with Crippen molar-refractivity contribution in [2.75, 3.05) is 0 Å². The molecule has 0 N–H and O–H groups in total. The minimum Gasteiger partial charge on any atom is -0.459 e. The maximum Gasteiger partial charge on any atom is 0.341 e. The highest BCUT2D eigenvalue weighted by atomic mass is 19.2. The minimum atomic E-state index is -1.17. The highest BCUT2D eigenvalue weighted by Gasteiger charge is 2.16. The van der Waals surface area contributed by atoms with Crippen molar-refractivity contribution in [1.29, 1.82) is 0 Å². The summed E-state index contributed by atoms with van der Waals surface area (Å²) in [6.07, 6.45) is -0.356. The van der Waals surface area contributed by atoms with Crippen LogP contribution in [0.2, 0.25) is 0 Å². The lowest BCUT2D eigenvalue weighted by molar-refractivity contribution is 0.0371. The van der Waals surface area contributed by atoms with Crippen LogP contribution in [-0.4, -0.2) is 12.1 Å². The molecule has 0 saturated carbocycles. The van der Waals surface area contributed by atoms with E-state index in [1.54, 1.807) is 13.8 Å². The second kappa shape index (κ2) is 4.17. The van der Waals surface area contributed by atoms with Gasteiger partial charge >= 0.3 is 5.97 Å². The molecule has 0 saturated heterocycles. The molecule has 0 aliphatic carbocycles. The van der Waals surface area contributed by atoms with E-state index in [-0.39, 0.29) is 11.7 Å². The van der Waals surface area contributed by atoms with Gasteiger partial charge in [-0.05, 0) is 26.0 Å². The lowest BCUT2D eigenvalue weighted by Crippen LogP contribution is -2.13. The largest absolute Gasteiger partial charge is 0.459 e. The molecular weight excluding hydrogens is 190 g/mol. The van der Waals surface area contributed by atoms with E-state index in [1.807, 2.05) is 0 Å². The monoisotopic (exact) mass is 200 g/mol. The summed E-state index contributed by atoms with van der Waals surface area (Å²) in [5.41, 5.74) is -0.376. The van der Waals surface area contributed by atoms with Crippen LogP contribution in [0.5, 0.6) is 0 Å². The number of hydrogen-bond acceptors (Lipinski definition) is 2. The molecular formula is C10H10F2O2. The van der Waals surface area contributed by atoms with Crippen LogP contribution in [0.4, 0.5) is 8.78 Å². The van der Waals surface area contributed by atoms with Gasteiger partial charge in [-0.1, -0.05) is 6.07 Å². The average molecular weight is 200 g/mol. The third-order valence-corrected chi connectivity index (χ3v) is 1.51. The number of carbonyl (C=O) groups excluding carboxylic acids is 1. The highest BCUT2D eigenvalue weighted by Crippen LogP contribution is 2.13. The first-order valence-corrected chi connectivity index (χ1v) is 4.17. The third kappa shape index (κ3) is 2.28. The molecule has 1 rings (SSSR count). The van der Waals surface area contributed by atoms with E-state index < -0.39 is 17.6 Å². The van der Waals surface area contributed by atoms with Crippen molar-refractivity contribution in [3.63, 3.8) is 0 Å². The summed E-state index contributed by atoms with van der Waals surface area (Å²) in [4.78, 5) is 11.2. The van der Waals surface area contributed by atoms with E-state index in [0.29, 0.717) is 0 Å². The van der Waals surface area contributed by atoms with Crippen molar-refractivity contribution in [2.45, 2.75) is 20.0 Å². The molecule has 2 nitrogen and oxygen atoms in total. The van der Waals surface area contributed by atoms with Crippen molar-refractivity contribution < 1.29 is 18.3 Å². The Morgan fingerprint density at radius 2 is 2.00 bits per heavy atom. The van der Waals surface area contributed by atoms with Crippen LogP contribution in [0.25, 0.3) is 0 Å². The van der Waals surface area contributed by atoms with Crippen LogP contribution >= 0.6 is 0 Å². The Morgan fingerprint density at radius 3 is 2.57 bits per heavy atom. The molecule has 0 radical (unpaired) electrons. The number of halogens is 2. The fourth-order valence-electron chi connectivity index (χ4n) is 0.939. The number of benzene rings is 1. The predicted molar refractivity (Wildman–Crippen MR) is 46.9 cm³/mol. The van der Waals surface area contributed by atoms with Crippen molar-refractivity contribution in [3.8, 4) is 0 Å². The van der Waals surface area contributed by atoms with E-state index in [0.717, 1.165) is 6.07 Å².